The van der Waals surface area contributed by atoms with Gasteiger partial charge in [-0.25, -0.2) is 13.6 Å². The molecule has 0 bridgehead atoms. The van der Waals surface area contributed by atoms with Crippen molar-refractivity contribution in [3.8, 4) is 0 Å². The highest BCUT2D eigenvalue weighted by Gasteiger charge is 2.17. The summed E-state index contributed by atoms with van der Waals surface area (Å²) in [6, 6.07) is 0.899. The first-order valence-corrected chi connectivity index (χ1v) is 3.42. The predicted octanol–water partition coefficient (Wildman–Crippen LogP) is 1.98. The molecule has 0 saturated carbocycles. The number of hydrogen-bond donors (Lipinski definition) is 2. The van der Waals surface area contributed by atoms with Gasteiger partial charge in [0.2, 0.25) is 0 Å². The second kappa shape index (κ2) is 4.23. The summed E-state index contributed by atoms with van der Waals surface area (Å²) in [7, 11) is 0. The van der Waals surface area contributed by atoms with Crippen LogP contribution in [-0.4, -0.2) is 11.1 Å². The highest BCUT2D eigenvalue weighted by molar-refractivity contribution is 5.90. The molecule has 0 amide bonds. The van der Waals surface area contributed by atoms with Crippen LogP contribution in [0.25, 0.3) is 0 Å². The number of nitrogen functional groups attached to an aromatic ring is 1. The Morgan fingerprint density at radius 1 is 1.43 bits per heavy atom. The Morgan fingerprint density at radius 3 is 2.36 bits per heavy atom. The van der Waals surface area contributed by atoms with Crippen molar-refractivity contribution >= 4 is 24.1 Å². The third kappa shape index (κ3) is 1.93. The maximum atomic E-state index is 12.9. The van der Waals surface area contributed by atoms with Crippen LogP contribution >= 0.6 is 12.4 Å². The van der Waals surface area contributed by atoms with Gasteiger partial charge in [-0.15, -0.1) is 12.4 Å². The van der Waals surface area contributed by atoms with Crippen molar-refractivity contribution in [3.05, 3.63) is 28.8 Å². The molecule has 1 rings (SSSR count). The van der Waals surface area contributed by atoms with E-state index in [0.717, 1.165) is 6.07 Å². The summed E-state index contributed by atoms with van der Waals surface area (Å²) in [5.74, 6) is -3.75. The van der Waals surface area contributed by atoms with Gasteiger partial charge >= 0.3 is 5.97 Å². The number of rotatable bonds is 1. The molecule has 6 heteroatoms. The molecule has 0 radical (unpaired) electrons. The first-order chi connectivity index (χ1) is 5.95. The molecular formula is C8H8ClF2NO2. The van der Waals surface area contributed by atoms with E-state index in [2.05, 4.69) is 0 Å². The Labute approximate surface area is 84.9 Å². The summed E-state index contributed by atoms with van der Waals surface area (Å²) >= 11 is 0. The molecule has 0 heterocycles. The maximum Gasteiger partial charge on any atom is 0.336 e. The fourth-order valence-corrected chi connectivity index (χ4v) is 0.959. The lowest BCUT2D eigenvalue weighted by Gasteiger charge is -2.05. The number of carboxylic acids is 1. The van der Waals surface area contributed by atoms with E-state index in [9.17, 15) is 13.6 Å². The number of hydrogen-bond acceptors (Lipinski definition) is 2. The monoisotopic (exact) mass is 223 g/mol. The number of aromatic carboxylic acids is 1. The lowest BCUT2D eigenvalue weighted by Crippen LogP contribution is -2.06. The molecule has 0 aliphatic heterocycles. The lowest BCUT2D eigenvalue weighted by atomic mass is 10.1. The number of carbonyl (C=O) groups is 1. The van der Waals surface area contributed by atoms with Crippen molar-refractivity contribution in [2.75, 3.05) is 5.73 Å². The number of halogens is 3. The third-order valence-electron chi connectivity index (χ3n) is 1.71. The van der Waals surface area contributed by atoms with E-state index in [1.165, 1.54) is 6.92 Å². The van der Waals surface area contributed by atoms with Gasteiger partial charge in [-0.3, -0.25) is 0 Å². The number of carboxylic acid groups (broad SMARTS) is 1. The minimum atomic E-state index is -1.33. The Balaban J connectivity index is 0.00000169. The van der Waals surface area contributed by atoms with Gasteiger partial charge in [-0.1, -0.05) is 0 Å². The van der Waals surface area contributed by atoms with Crippen LogP contribution in [0.3, 0.4) is 0 Å². The predicted molar refractivity (Wildman–Crippen MR) is 49.7 cm³/mol. The average molecular weight is 224 g/mol. The quantitative estimate of drug-likeness (QED) is 0.716. The van der Waals surface area contributed by atoms with Gasteiger partial charge in [-0.2, -0.15) is 0 Å². The van der Waals surface area contributed by atoms with E-state index in [-0.39, 0.29) is 23.5 Å². The first-order valence-electron chi connectivity index (χ1n) is 3.42. The molecule has 0 fully saturated rings. The van der Waals surface area contributed by atoms with Crippen molar-refractivity contribution in [1.29, 1.82) is 0 Å². The summed E-state index contributed by atoms with van der Waals surface area (Å²) in [5.41, 5.74) is 3.98. The smallest absolute Gasteiger partial charge is 0.336 e. The van der Waals surface area contributed by atoms with E-state index in [0.29, 0.717) is 0 Å². The van der Waals surface area contributed by atoms with Crippen LogP contribution in [0.15, 0.2) is 6.07 Å². The fourth-order valence-electron chi connectivity index (χ4n) is 0.959. The first kappa shape index (κ1) is 12.6. The zero-order chi connectivity index (χ0) is 10.2. The minimum Gasteiger partial charge on any atom is -0.478 e. The van der Waals surface area contributed by atoms with Gasteiger partial charge < -0.3 is 10.8 Å². The maximum absolute atomic E-state index is 12.9. The van der Waals surface area contributed by atoms with E-state index < -0.39 is 23.3 Å². The van der Waals surface area contributed by atoms with Crippen LogP contribution in [-0.2, 0) is 0 Å². The Bertz CT molecular complexity index is 382. The van der Waals surface area contributed by atoms with Crippen molar-refractivity contribution in [1.82, 2.24) is 0 Å². The molecule has 3 N–H and O–H groups in total. The largest absolute Gasteiger partial charge is 0.478 e. The number of nitrogens with two attached hydrogens (primary N) is 1. The van der Waals surface area contributed by atoms with Gasteiger partial charge in [0.05, 0.1) is 11.3 Å². The summed E-state index contributed by atoms with van der Waals surface area (Å²) < 4.78 is 25.6. The lowest BCUT2D eigenvalue weighted by molar-refractivity contribution is 0.0695. The normalized spacial score (nSPS) is 9.36. The zero-order valence-electron chi connectivity index (χ0n) is 7.17. The highest BCUT2D eigenvalue weighted by atomic mass is 35.5. The van der Waals surface area contributed by atoms with E-state index in [1.54, 1.807) is 0 Å². The number of anilines is 1. The third-order valence-corrected chi connectivity index (χ3v) is 1.71. The fraction of sp³-hybridized carbons (Fsp3) is 0.125. The van der Waals surface area contributed by atoms with Gasteiger partial charge in [-0.05, 0) is 13.0 Å². The van der Waals surface area contributed by atoms with E-state index in [4.69, 9.17) is 10.8 Å². The van der Waals surface area contributed by atoms with Gasteiger partial charge in [0.15, 0.2) is 11.6 Å². The molecule has 0 unspecified atom stereocenters. The highest BCUT2D eigenvalue weighted by Crippen LogP contribution is 2.21. The van der Waals surface area contributed by atoms with Crippen LogP contribution in [0.1, 0.15) is 15.9 Å². The van der Waals surface area contributed by atoms with Crippen LogP contribution in [0.4, 0.5) is 14.5 Å². The van der Waals surface area contributed by atoms with Crippen LogP contribution in [0.2, 0.25) is 0 Å². The molecular weight excluding hydrogens is 216 g/mol. The van der Waals surface area contributed by atoms with E-state index in [1.807, 2.05) is 0 Å². The van der Waals surface area contributed by atoms with Crippen LogP contribution < -0.4 is 5.73 Å². The van der Waals surface area contributed by atoms with E-state index >= 15 is 0 Å². The topological polar surface area (TPSA) is 63.3 Å². The Kier molecular flexibility index (Phi) is 3.82. The molecule has 0 saturated heterocycles. The zero-order valence-corrected chi connectivity index (χ0v) is 7.99. The van der Waals surface area contributed by atoms with Crippen molar-refractivity contribution < 1.29 is 18.7 Å². The van der Waals surface area contributed by atoms with Gasteiger partial charge in [0.25, 0.3) is 0 Å². The SMILES string of the molecule is Cc1c(C(=O)O)cc(N)c(F)c1F.Cl. The summed E-state index contributed by atoms with van der Waals surface area (Å²) in [5, 5.41) is 8.56. The molecule has 0 aliphatic rings. The van der Waals surface area contributed by atoms with Gasteiger partial charge in [0.1, 0.15) is 0 Å². The minimum absolute atomic E-state index is 0. The van der Waals surface area contributed by atoms with Crippen molar-refractivity contribution in [3.63, 3.8) is 0 Å². The second-order valence-electron chi connectivity index (χ2n) is 2.57. The summed E-state index contributed by atoms with van der Waals surface area (Å²) in [6.07, 6.45) is 0. The molecule has 3 nitrogen and oxygen atoms in total. The van der Waals surface area contributed by atoms with Crippen molar-refractivity contribution in [2.45, 2.75) is 6.92 Å². The molecule has 1 aromatic rings. The Morgan fingerprint density at radius 2 is 1.93 bits per heavy atom. The van der Waals surface area contributed by atoms with Crippen LogP contribution in [0, 0.1) is 18.6 Å². The summed E-state index contributed by atoms with van der Waals surface area (Å²) in [4.78, 5) is 10.5. The Hall–Kier alpha value is -1.36. The molecule has 0 aliphatic carbocycles. The molecule has 14 heavy (non-hydrogen) atoms. The molecule has 0 aromatic heterocycles. The van der Waals surface area contributed by atoms with Crippen molar-refractivity contribution in [2.24, 2.45) is 0 Å². The standard InChI is InChI=1S/C8H7F2NO2.ClH/c1-3-4(8(12)13)2-5(11)7(10)6(3)9;/h2H,11H2,1H3,(H,12,13);1H. The number of benzene rings is 1. The molecule has 78 valence electrons. The average Bonchev–Trinajstić information content (AvgIpc) is 2.07. The van der Waals surface area contributed by atoms with Crippen LogP contribution in [0.5, 0.6) is 0 Å². The van der Waals surface area contributed by atoms with Gasteiger partial charge in [0, 0.05) is 5.56 Å². The molecule has 1 aromatic carbocycles. The summed E-state index contributed by atoms with van der Waals surface area (Å²) in [6.45, 7) is 1.18. The molecule has 0 atom stereocenters. The molecule has 0 spiro atoms. The second-order valence-corrected chi connectivity index (χ2v) is 2.57.